The molecule has 6 heteroatoms. The van der Waals surface area contributed by atoms with Crippen molar-refractivity contribution in [2.75, 3.05) is 7.11 Å². The van der Waals surface area contributed by atoms with Gasteiger partial charge in [0.05, 0.1) is 19.3 Å². The summed E-state index contributed by atoms with van der Waals surface area (Å²) in [6.07, 6.45) is 0. The first-order valence-electron chi connectivity index (χ1n) is 6.01. The average molecular weight is 277 g/mol. The number of rotatable bonds is 4. The first-order valence-corrected chi connectivity index (χ1v) is 6.01. The summed E-state index contributed by atoms with van der Waals surface area (Å²) in [6, 6.07) is 5.56. The van der Waals surface area contributed by atoms with Crippen molar-refractivity contribution in [3.63, 3.8) is 0 Å². The van der Waals surface area contributed by atoms with Crippen LogP contribution in [0.15, 0.2) is 27.5 Å². The summed E-state index contributed by atoms with van der Waals surface area (Å²) in [7, 11) is 1.59. The number of carboxylic acids is 1. The van der Waals surface area contributed by atoms with Crippen LogP contribution in [-0.2, 0) is 6.54 Å². The van der Waals surface area contributed by atoms with E-state index in [0.29, 0.717) is 12.2 Å². The van der Waals surface area contributed by atoms with E-state index in [1.165, 1.54) is 4.74 Å². The number of carboxylic acid groups (broad SMARTS) is 1. The third-order valence-electron chi connectivity index (χ3n) is 3.13. The van der Waals surface area contributed by atoms with E-state index in [1.807, 2.05) is 25.1 Å². The summed E-state index contributed by atoms with van der Waals surface area (Å²) in [4.78, 5) is 22.4. The quantitative estimate of drug-likeness (QED) is 0.921. The van der Waals surface area contributed by atoms with Crippen molar-refractivity contribution in [3.05, 3.63) is 51.0 Å². The van der Waals surface area contributed by atoms with Crippen LogP contribution in [0.5, 0.6) is 5.75 Å². The molecule has 1 heterocycles. The number of aromatic nitrogens is 1. The minimum atomic E-state index is -1.28. The molecule has 0 spiro atoms. The highest BCUT2D eigenvalue weighted by Crippen LogP contribution is 2.19. The number of methoxy groups -OCH3 is 1. The van der Waals surface area contributed by atoms with E-state index in [4.69, 9.17) is 14.4 Å². The van der Waals surface area contributed by atoms with Gasteiger partial charge in [0.1, 0.15) is 5.75 Å². The molecule has 0 aliphatic heterocycles. The first-order chi connectivity index (χ1) is 9.43. The lowest BCUT2D eigenvalue weighted by Gasteiger charge is -2.08. The summed E-state index contributed by atoms with van der Waals surface area (Å²) in [5, 5.41) is 8.95. The van der Waals surface area contributed by atoms with Crippen molar-refractivity contribution in [1.29, 1.82) is 0 Å². The number of nitrogens with zero attached hydrogens (tertiary/aromatic N) is 1. The van der Waals surface area contributed by atoms with Crippen molar-refractivity contribution in [1.82, 2.24) is 4.74 Å². The summed E-state index contributed by atoms with van der Waals surface area (Å²) in [5.74, 6) is -0.508. The average Bonchev–Trinajstić information content (AvgIpc) is 2.64. The van der Waals surface area contributed by atoms with Crippen molar-refractivity contribution in [2.45, 2.75) is 20.4 Å². The Hall–Kier alpha value is -2.50. The van der Waals surface area contributed by atoms with Gasteiger partial charge in [0.2, 0.25) is 0 Å². The molecule has 0 saturated heterocycles. The van der Waals surface area contributed by atoms with Crippen molar-refractivity contribution in [3.8, 4) is 5.75 Å². The highest BCUT2D eigenvalue weighted by molar-refractivity contribution is 5.88. The molecule has 0 aliphatic rings. The van der Waals surface area contributed by atoms with Gasteiger partial charge in [0.25, 0.3) is 0 Å². The third-order valence-corrected chi connectivity index (χ3v) is 3.13. The molecular formula is C14H15NO5. The fraction of sp³-hybridized carbons (Fsp3) is 0.286. The van der Waals surface area contributed by atoms with Crippen LogP contribution in [0.3, 0.4) is 0 Å². The SMILES string of the molecule is COc1ccc(Cn2oc(=O)c(C(=O)O)c2C)cc1C. The molecular weight excluding hydrogens is 262 g/mol. The molecule has 0 amide bonds. The highest BCUT2D eigenvalue weighted by atomic mass is 16.5. The van der Waals surface area contributed by atoms with Gasteiger partial charge in [-0.25, -0.2) is 14.3 Å². The molecule has 0 fully saturated rings. The van der Waals surface area contributed by atoms with E-state index >= 15 is 0 Å². The molecule has 20 heavy (non-hydrogen) atoms. The zero-order valence-electron chi connectivity index (χ0n) is 11.5. The molecule has 0 unspecified atom stereocenters. The van der Waals surface area contributed by atoms with E-state index in [1.54, 1.807) is 14.0 Å². The van der Waals surface area contributed by atoms with Crippen molar-refractivity contribution >= 4 is 5.97 Å². The predicted molar refractivity (Wildman–Crippen MR) is 71.5 cm³/mol. The number of hydrogen-bond acceptors (Lipinski definition) is 4. The van der Waals surface area contributed by atoms with E-state index < -0.39 is 11.6 Å². The molecule has 1 aromatic heterocycles. The Morgan fingerprint density at radius 2 is 2.10 bits per heavy atom. The Bertz CT molecular complexity index is 711. The van der Waals surface area contributed by atoms with Crippen LogP contribution in [0, 0.1) is 13.8 Å². The Labute approximate surface area is 115 Å². The van der Waals surface area contributed by atoms with Gasteiger partial charge in [-0.1, -0.05) is 12.1 Å². The van der Waals surface area contributed by atoms with Crippen LogP contribution in [0.25, 0.3) is 0 Å². The number of carbonyl (C=O) groups is 1. The van der Waals surface area contributed by atoms with Crippen LogP contribution in [0.4, 0.5) is 0 Å². The molecule has 1 N–H and O–H groups in total. The number of aromatic carboxylic acids is 1. The minimum Gasteiger partial charge on any atom is -0.496 e. The molecule has 6 nitrogen and oxygen atoms in total. The minimum absolute atomic E-state index is 0.291. The van der Waals surface area contributed by atoms with E-state index in [0.717, 1.165) is 16.9 Å². The number of aryl methyl sites for hydroxylation is 1. The molecule has 0 aliphatic carbocycles. The summed E-state index contributed by atoms with van der Waals surface area (Å²) in [5.41, 5.74) is 0.990. The van der Waals surface area contributed by atoms with Crippen LogP contribution < -0.4 is 10.4 Å². The van der Waals surface area contributed by atoms with Crippen molar-refractivity contribution < 1.29 is 19.2 Å². The summed E-state index contributed by atoms with van der Waals surface area (Å²) < 4.78 is 11.4. The smallest absolute Gasteiger partial charge is 0.372 e. The molecule has 2 aromatic rings. The lowest BCUT2D eigenvalue weighted by Crippen LogP contribution is -2.09. The Morgan fingerprint density at radius 3 is 2.60 bits per heavy atom. The van der Waals surface area contributed by atoms with Crippen molar-refractivity contribution in [2.24, 2.45) is 0 Å². The van der Waals surface area contributed by atoms with Crippen LogP contribution >= 0.6 is 0 Å². The Morgan fingerprint density at radius 1 is 1.40 bits per heavy atom. The number of benzene rings is 1. The maximum absolute atomic E-state index is 11.5. The second-order valence-electron chi connectivity index (χ2n) is 4.48. The van der Waals surface area contributed by atoms with Crippen LogP contribution in [0.2, 0.25) is 0 Å². The molecule has 0 bridgehead atoms. The maximum atomic E-state index is 11.5. The monoisotopic (exact) mass is 277 g/mol. The normalized spacial score (nSPS) is 10.6. The zero-order chi connectivity index (χ0) is 14.9. The first kappa shape index (κ1) is 13.9. The topological polar surface area (TPSA) is 81.7 Å². The second kappa shape index (κ2) is 5.24. The standard InChI is InChI=1S/C14H15NO5/c1-8-6-10(4-5-11(8)19-3)7-15-9(2)12(13(16)17)14(18)20-15/h4-6H,7H2,1-3H3,(H,16,17). The molecule has 1 aromatic carbocycles. The van der Waals surface area contributed by atoms with Gasteiger partial charge in [-0.3, -0.25) is 0 Å². The fourth-order valence-electron chi connectivity index (χ4n) is 2.08. The van der Waals surface area contributed by atoms with Gasteiger partial charge in [0.15, 0.2) is 5.56 Å². The lowest BCUT2D eigenvalue weighted by atomic mass is 10.1. The molecule has 0 atom stereocenters. The highest BCUT2D eigenvalue weighted by Gasteiger charge is 2.20. The van der Waals surface area contributed by atoms with Gasteiger partial charge in [-0.05, 0) is 31.0 Å². The van der Waals surface area contributed by atoms with Gasteiger partial charge in [-0.15, -0.1) is 0 Å². The van der Waals surface area contributed by atoms with Crippen LogP contribution in [0.1, 0.15) is 27.2 Å². The van der Waals surface area contributed by atoms with E-state index in [9.17, 15) is 9.59 Å². The molecule has 2 rings (SSSR count). The third kappa shape index (κ3) is 2.45. The van der Waals surface area contributed by atoms with Gasteiger partial charge < -0.3 is 14.4 Å². The Balaban J connectivity index is 2.36. The van der Waals surface area contributed by atoms with Gasteiger partial charge in [-0.2, -0.15) is 0 Å². The maximum Gasteiger partial charge on any atom is 0.372 e. The molecule has 0 radical (unpaired) electrons. The van der Waals surface area contributed by atoms with Gasteiger partial charge >= 0.3 is 11.6 Å². The summed E-state index contributed by atoms with van der Waals surface area (Å²) >= 11 is 0. The zero-order valence-corrected chi connectivity index (χ0v) is 11.5. The summed E-state index contributed by atoms with van der Waals surface area (Å²) in [6.45, 7) is 3.74. The lowest BCUT2D eigenvalue weighted by molar-refractivity contribution is 0.0693. The van der Waals surface area contributed by atoms with Gasteiger partial charge in [0, 0.05) is 0 Å². The molecule has 106 valence electrons. The predicted octanol–water partition coefficient (Wildman–Crippen LogP) is 1.81. The van der Waals surface area contributed by atoms with E-state index in [-0.39, 0.29) is 5.56 Å². The number of hydrogen-bond donors (Lipinski definition) is 1. The molecule has 0 saturated carbocycles. The number of ether oxygens (including phenoxy) is 1. The van der Waals surface area contributed by atoms with Crippen LogP contribution in [-0.4, -0.2) is 22.9 Å². The fourth-order valence-corrected chi connectivity index (χ4v) is 2.08. The van der Waals surface area contributed by atoms with E-state index in [2.05, 4.69) is 0 Å². The Kier molecular flexibility index (Phi) is 3.65. The second-order valence-corrected chi connectivity index (χ2v) is 4.48. The largest absolute Gasteiger partial charge is 0.496 e.